The maximum absolute atomic E-state index is 14.1. The van der Waals surface area contributed by atoms with E-state index in [9.17, 15) is 19.3 Å². The third-order valence-electron chi connectivity index (χ3n) is 8.57. The number of hydrazine groups is 2. The van der Waals surface area contributed by atoms with Crippen molar-refractivity contribution in [2.75, 3.05) is 17.2 Å². The van der Waals surface area contributed by atoms with Crippen molar-refractivity contribution in [2.24, 2.45) is 12.5 Å². The Bertz CT molecular complexity index is 1920. The molecule has 1 saturated carbocycles. The molecule has 2 aromatic heterocycles. The molecule has 12 heteroatoms. The van der Waals surface area contributed by atoms with E-state index in [0.717, 1.165) is 22.3 Å². The molecule has 2 aliphatic rings. The number of hydrogen-bond acceptors (Lipinski definition) is 9. The Kier molecular flexibility index (Phi) is 7.78. The average Bonchev–Trinajstić information content (AvgIpc) is 3.49. The average molecular weight is 623 g/mol. The van der Waals surface area contributed by atoms with E-state index in [1.165, 1.54) is 11.2 Å². The number of pyridine rings is 1. The van der Waals surface area contributed by atoms with Crippen LogP contribution in [0.25, 0.3) is 22.0 Å². The molecule has 2 aromatic carbocycles. The Hall–Kier alpha value is -5.20. The summed E-state index contributed by atoms with van der Waals surface area (Å²) in [6.45, 7) is 8.89. The molecule has 1 aliphatic carbocycles. The number of nitriles is 2. The number of nitrogens with one attached hydrogen (secondary N) is 4. The fourth-order valence-electron chi connectivity index (χ4n) is 5.84. The van der Waals surface area contributed by atoms with Gasteiger partial charge in [0.2, 0.25) is 0 Å². The van der Waals surface area contributed by atoms with Crippen LogP contribution in [0.4, 0.5) is 20.2 Å². The van der Waals surface area contributed by atoms with Crippen molar-refractivity contribution < 1.29 is 8.78 Å². The van der Waals surface area contributed by atoms with Gasteiger partial charge in [-0.2, -0.15) is 15.6 Å². The number of fused-ring (bicyclic) bond motifs is 1. The van der Waals surface area contributed by atoms with Crippen molar-refractivity contribution in [3.63, 3.8) is 0 Å². The number of benzene rings is 2. The SMILES string of the molecule is Cc1c(-c2cnn(C)c2)cccc1[C@H](Nc1cc(C#N)c2ncc(C#N)c(NCC(C)(C)C)c2c1)C1=CN(C2(C(F)F)CC2)NN1. The minimum absolute atomic E-state index is 0.0746. The molecule has 236 valence electrons. The first-order chi connectivity index (χ1) is 21.9. The molecule has 1 fully saturated rings. The van der Waals surface area contributed by atoms with Gasteiger partial charge in [-0.3, -0.25) is 14.7 Å². The van der Waals surface area contributed by atoms with Crippen molar-refractivity contribution >= 4 is 22.3 Å². The van der Waals surface area contributed by atoms with Gasteiger partial charge >= 0.3 is 0 Å². The molecule has 46 heavy (non-hydrogen) atoms. The van der Waals surface area contributed by atoms with E-state index in [1.807, 2.05) is 44.4 Å². The first kappa shape index (κ1) is 30.8. The number of rotatable bonds is 9. The fourth-order valence-corrected chi connectivity index (χ4v) is 5.84. The van der Waals surface area contributed by atoms with Gasteiger partial charge in [0.25, 0.3) is 6.43 Å². The maximum atomic E-state index is 14.1. The van der Waals surface area contributed by atoms with Crippen molar-refractivity contribution in [2.45, 2.75) is 58.5 Å². The molecule has 0 saturated heterocycles. The summed E-state index contributed by atoms with van der Waals surface area (Å²) in [5, 5.41) is 33.6. The normalized spacial score (nSPS) is 16.0. The van der Waals surface area contributed by atoms with Gasteiger partial charge in [-0.1, -0.05) is 39.0 Å². The monoisotopic (exact) mass is 622 g/mol. The zero-order valence-corrected chi connectivity index (χ0v) is 26.4. The van der Waals surface area contributed by atoms with Gasteiger partial charge in [-0.15, -0.1) is 5.53 Å². The Labute approximate surface area is 266 Å². The van der Waals surface area contributed by atoms with Crippen LogP contribution in [-0.4, -0.2) is 38.3 Å². The van der Waals surface area contributed by atoms with Gasteiger partial charge in [0, 0.05) is 48.8 Å². The summed E-state index contributed by atoms with van der Waals surface area (Å²) in [5.74, 6) is 0. The molecular formula is C34H36F2N10. The van der Waals surface area contributed by atoms with E-state index < -0.39 is 18.0 Å². The highest BCUT2D eigenvalue weighted by Gasteiger charge is 2.56. The lowest BCUT2D eigenvalue weighted by molar-refractivity contribution is 0.00911. The lowest BCUT2D eigenvalue weighted by Crippen LogP contribution is -2.48. The number of nitrogens with zero attached hydrogens (tertiary/aromatic N) is 6. The summed E-state index contributed by atoms with van der Waals surface area (Å²) >= 11 is 0. The predicted molar refractivity (Wildman–Crippen MR) is 173 cm³/mol. The molecule has 0 amide bonds. The molecule has 4 N–H and O–H groups in total. The van der Waals surface area contributed by atoms with E-state index in [0.29, 0.717) is 58.5 Å². The third kappa shape index (κ3) is 5.68. The van der Waals surface area contributed by atoms with Gasteiger partial charge in [-0.05, 0) is 54.0 Å². The first-order valence-electron chi connectivity index (χ1n) is 15.1. The molecule has 0 bridgehead atoms. The number of hydrogen-bond donors (Lipinski definition) is 4. The van der Waals surface area contributed by atoms with Crippen LogP contribution in [0.15, 0.2) is 60.8 Å². The lowest BCUT2D eigenvalue weighted by Gasteiger charge is -2.25. The Morgan fingerprint density at radius 3 is 2.50 bits per heavy atom. The molecular weight excluding hydrogens is 586 g/mol. The molecule has 3 heterocycles. The summed E-state index contributed by atoms with van der Waals surface area (Å²) in [5.41, 5.74) is 11.6. The molecule has 1 aliphatic heterocycles. The van der Waals surface area contributed by atoms with Crippen LogP contribution in [0, 0.1) is 35.0 Å². The highest BCUT2D eigenvalue weighted by atomic mass is 19.3. The van der Waals surface area contributed by atoms with E-state index in [4.69, 9.17) is 0 Å². The first-order valence-corrected chi connectivity index (χ1v) is 15.1. The summed E-state index contributed by atoms with van der Waals surface area (Å²) in [6.07, 6.45) is 5.18. The van der Waals surface area contributed by atoms with Crippen LogP contribution in [0.1, 0.15) is 61.9 Å². The van der Waals surface area contributed by atoms with Gasteiger partial charge in [-0.25, -0.2) is 8.78 Å². The number of alkyl halides is 2. The lowest BCUT2D eigenvalue weighted by atomic mass is 9.92. The van der Waals surface area contributed by atoms with Crippen molar-refractivity contribution in [3.05, 3.63) is 83.1 Å². The highest BCUT2D eigenvalue weighted by molar-refractivity contribution is 5.99. The largest absolute Gasteiger partial charge is 0.383 e. The van der Waals surface area contributed by atoms with Gasteiger partial charge in [0.15, 0.2) is 0 Å². The molecule has 0 unspecified atom stereocenters. The smallest absolute Gasteiger partial charge is 0.262 e. The molecule has 4 aromatic rings. The topological polar surface area (TPSA) is 130 Å². The van der Waals surface area contributed by atoms with Crippen molar-refractivity contribution in [1.82, 2.24) is 30.7 Å². The maximum Gasteiger partial charge on any atom is 0.262 e. The number of aryl methyl sites for hydroxylation is 1. The van der Waals surface area contributed by atoms with Gasteiger partial charge in [0.05, 0.1) is 40.3 Å². The Balaban J connectivity index is 1.48. The summed E-state index contributed by atoms with van der Waals surface area (Å²) in [6, 6.07) is 13.5. The van der Waals surface area contributed by atoms with Gasteiger partial charge in [0.1, 0.15) is 17.7 Å². The van der Waals surface area contributed by atoms with Crippen LogP contribution in [0.2, 0.25) is 0 Å². The minimum atomic E-state index is -2.51. The third-order valence-corrected chi connectivity index (χ3v) is 8.57. The summed E-state index contributed by atoms with van der Waals surface area (Å²) < 4.78 is 29.9. The second-order valence-corrected chi connectivity index (χ2v) is 13.2. The fraction of sp³-hybridized carbons (Fsp3) is 0.353. The molecule has 1 atom stereocenters. The molecule has 0 radical (unpaired) electrons. The van der Waals surface area contributed by atoms with Crippen LogP contribution in [0.5, 0.6) is 0 Å². The number of halogens is 2. The second kappa shape index (κ2) is 11.6. The van der Waals surface area contributed by atoms with Crippen LogP contribution in [0.3, 0.4) is 0 Å². The predicted octanol–water partition coefficient (Wildman–Crippen LogP) is 6.26. The van der Waals surface area contributed by atoms with Crippen molar-refractivity contribution in [1.29, 1.82) is 10.5 Å². The minimum Gasteiger partial charge on any atom is -0.383 e. The summed E-state index contributed by atoms with van der Waals surface area (Å²) in [7, 11) is 1.86. The van der Waals surface area contributed by atoms with E-state index >= 15 is 0 Å². The standard InChI is InChI=1S/C34H36F2N10/c1-20-25(23-16-41-45(5)17-23)7-6-8-26(20)31(28-18-46(44-43-28)34(9-10-34)32(35)36)42-24-11-21(13-37)29-27(12-24)30(22(14-38)15-39-29)40-19-33(2,3)4/h6-8,11-12,15-18,31-32,42-44H,9-10,19H2,1-5H3,(H,39,40)/t31-/m0/s1. The van der Waals surface area contributed by atoms with Crippen molar-refractivity contribution in [3.8, 4) is 23.3 Å². The second-order valence-electron chi connectivity index (χ2n) is 13.2. The summed E-state index contributed by atoms with van der Waals surface area (Å²) in [4.78, 5) is 4.47. The number of anilines is 2. The van der Waals surface area contributed by atoms with Gasteiger partial charge < -0.3 is 16.1 Å². The van der Waals surface area contributed by atoms with E-state index in [1.54, 1.807) is 23.1 Å². The Morgan fingerprint density at radius 1 is 1.11 bits per heavy atom. The zero-order valence-electron chi connectivity index (χ0n) is 26.4. The molecule has 10 nitrogen and oxygen atoms in total. The quantitative estimate of drug-likeness (QED) is 0.171. The van der Waals surface area contributed by atoms with E-state index in [2.05, 4.69) is 64.6 Å². The zero-order chi connectivity index (χ0) is 32.8. The van der Waals surface area contributed by atoms with Crippen LogP contribution >= 0.6 is 0 Å². The van der Waals surface area contributed by atoms with E-state index in [-0.39, 0.29) is 5.41 Å². The van der Waals surface area contributed by atoms with Crippen LogP contribution in [-0.2, 0) is 7.05 Å². The molecule has 6 rings (SSSR count). The van der Waals surface area contributed by atoms with Crippen LogP contribution < -0.4 is 21.6 Å². The highest BCUT2D eigenvalue weighted by Crippen LogP contribution is 2.47. The Morgan fingerprint density at radius 2 is 1.87 bits per heavy atom. The molecule has 0 spiro atoms. The number of aromatic nitrogens is 3.